The molecule has 0 saturated carbocycles. The van der Waals surface area contributed by atoms with E-state index in [0.29, 0.717) is 6.04 Å². The van der Waals surface area contributed by atoms with Crippen LogP contribution in [0.1, 0.15) is 58.8 Å². The zero-order chi connectivity index (χ0) is 12.5. The standard InChI is InChI=1S/C14H28N2O/c1-3-4-5-6-8-12(2)16-14(17)13-9-7-10-15-11-13/h12-13,15H,3-11H2,1-2H3,(H,16,17). The fourth-order valence-corrected chi connectivity index (χ4v) is 2.39. The van der Waals surface area contributed by atoms with Crippen molar-refractivity contribution in [1.82, 2.24) is 10.6 Å². The van der Waals surface area contributed by atoms with Gasteiger partial charge in [0.15, 0.2) is 0 Å². The molecule has 1 aliphatic heterocycles. The second-order valence-electron chi connectivity index (χ2n) is 5.30. The Morgan fingerprint density at radius 3 is 2.88 bits per heavy atom. The van der Waals surface area contributed by atoms with Crippen LogP contribution in [0.25, 0.3) is 0 Å². The van der Waals surface area contributed by atoms with E-state index >= 15 is 0 Å². The van der Waals surface area contributed by atoms with Crippen molar-refractivity contribution in [3.05, 3.63) is 0 Å². The van der Waals surface area contributed by atoms with Crippen LogP contribution in [0.15, 0.2) is 0 Å². The number of carbonyl (C=O) groups excluding carboxylic acids is 1. The normalized spacial score (nSPS) is 22.1. The SMILES string of the molecule is CCCCCCC(C)NC(=O)C1CCCNC1. The zero-order valence-corrected chi connectivity index (χ0v) is 11.4. The fraction of sp³-hybridized carbons (Fsp3) is 0.929. The van der Waals surface area contributed by atoms with Crippen molar-refractivity contribution in [2.45, 2.75) is 64.8 Å². The lowest BCUT2D eigenvalue weighted by molar-refractivity contribution is -0.126. The van der Waals surface area contributed by atoms with E-state index in [4.69, 9.17) is 0 Å². The number of rotatable bonds is 7. The van der Waals surface area contributed by atoms with E-state index in [1.54, 1.807) is 0 Å². The minimum Gasteiger partial charge on any atom is -0.353 e. The molecule has 0 bridgehead atoms. The molecule has 17 heavy (non-hydrogen) atoms. The Kier molecular flexibility index (Phi) is 7.25. The number of hydrogen-bond acceptors (Lipinski definition) is 2. The summed E-state index contributed by atoms with van der Waals surface area (Å²) in [7, 11) is 0. The van der Waals surface area contributed by atoms with E-state index in [1.807, 2.05) is 0 Å². The van der Waals surface area contributed by atoms with Crippen LogP contribution in [0.3, 0.4) is 0 Å². The molecule has 0 aliphatic carbocycles. The lowest BCUT2D eigenvalue weighted by Gasteiger charge is -2.24. The minimum absolute atomic E-state index is 0.196. The van der Waals surface area contributed by atoms with Crippen molar-refractivity contribution in [2.24, 2.45) is 5.92 Å². The average Bonchev–Trinajstić information content (AvgIpc) is 2.36. The van der Waals surface area contributed by atoms with Gasteiger partial charge in [-0.2, -0.15) is 0 Å². The lowest BCUT2D eigenvalue weighted by atomic mass is 9.98. The van der Waals surface area contributed by atoms with Gasteiger partial charge in [-0.1, -0.05) is 32.6 Å². The Labute approximate surface area is 106 Å². The summed E-state index contributed by atoms with van der Waals surface area (Å²) in [6.07, 6.45) is 8.40. The summed E-state index contributed by atoms with van der Waals surface area (Å²) in [5.74, 6) is 0.446. The molecule has 3 heteroatoms. The first-order chi connectivity index (χ1) is 8.24. The molecule has 3 nitrogen and oxygen atoms in total. The molecule has 1 saturated heterocycles. The molecule has 0 spiro atoms. The van der Waals surface area contributed by atoms with Gasteiger partial charge < -0.3 is 10.6 Å². The smallest absolute Gasteiger partial charge is 0.224 e. The van der Waals surface area contributed by atoms with Gasteiger partial charge in [0.1, 0.15) is 0 Å². The zero-order valence-electron chi connectivity index (χ0n) is 11.4. The molecule has 1 heterocycles. The van der Waals surface area contributed by atoms with E-state index in [1.165, 1.54) is 25.7 Å². The van der Waals surface area contributed by atoms with Crippen molar-refractivity contribution >= 4 is 5.91 Å². The van der Waals surface area contributed by atoms with Crippen molar-refractivity contribution < 1.29 is 4.79 Å². The summed E-state index contributed by atoms with van der Waals surface area (Å²) >= 11 is 0. The number of piperidine rings is 1. The molecule has 1 amide bonds. The van der Waals surface area contributed by atoms with Crippen molar-refractivity contribution in [3.8, 4) is 0 Å². The van der Waals surface area contributed by atoms with Crippen LogP contribution in [0.4, 0.5) is 0 Å². The topological polar surface area (TPSA) is 41.1 Å². The minimum atomic E-state index is 0.196. The van der Waals surface area contributed by atoms with Crippen LogP contribution < -0.4 is 10.6 Å². The molecule has 0 aromatic carbocycles. The molecule has 1 aliphatic rings. The molecule has 2 unspecified atom stereocenters. The predicted molar refractivity (Wildman–Crippen MR) is 72.0 cm³/mol. The number of nitrogens with one attached hydrogen (secondary N) is 2. The number of unbranched alkanes of at least 4 members (excludes halogenated alkanes) is 3. The fourth-order valence-electron chi connectivity index (χ4n) is 2.39. The molecule has 1 fully saturated rings. The molecule has 1 rings (SSSR count). The first-order valence-electron chi connectivity index (χ1n) is 7.25. The first-order valence-corrected chi connectivity index (χ1v) is 7.25. The highest BCUT2D eigenvalue weighted by Crippen LogP contribution is 2.11. The van der Waals surface area contributed by atoms with E-state index < -0.39 is 0 Å². The van der Waals surface area contributed by atoms with Gasteiger partial charge in [-0.15, -0.1) is 0 Å². The predicted octanol–water partition coefficient (Wildman–Crippen LogP) is 2.46. The number of amides is 1. The second kappa shape index (κ2) is 8.51. The molecule has 2 N–H and O–H groups in total. The highest BCUT2D eigenvalue weighted by atomic mass is 16.1. The van der Waals surface area contributed by atoms with Gasteiger partial charge in [-0.25, -0.2) is 0 Å². The van der Waals surface area contributed by atoms with Crippen LogP contribution >= 0.6 is 0 Å². The Hall–Kier alpha value is -0.570. The van der Waals surface area contributed by atoms with Gasteiger partial charge in [0.25, 0.3) is 0 Å². The van der Waals surface area contributed by atoms with E-state index in [9.17, 15) is 4.79 Å². The number of carbonyl (C=O) groups is 1. The molecule has 2 atom stereocenters. The monoisotopic (exact) mass is 240 g/mol. The third-order valence-electron chi connectivity index (χ3n) is 3.55. The van der Waals surface area contributed by atoms with Crippen molar-refractivity contribution in [3.63, 3.8) is 0 Å². The first kappa shape index (κ1) is 14.5. The van der Waals surface area contributed by atoms with Gasteiger partial charge in [-0.3, -0.25) is 4.79 Å². The van der Waals surface area contributed by atoms with Gasteiger partial charge in [0.05, 0.1) is 5.92 Å². The quantitative estimate of drug-likeness (QED) is 0.671. The summed E-state index contributed by atoms with van der Waals surface area (Å²) in [5, 5.41) is 6.44. The third-order valence-corrected chi connectivity index (χ3v) is 3.55. The summed E-state index contributed by atoms with van der Waals surface area (Å²) < 4.78 is 0. The van der Waals surface area contributed by atoms with Crippen molar-refractivity contribution in [1.29, 1.82) is 0 Å². The lowest BCUT2D eigenvalue weighted by Crippen LogP contribution is -2.43. The molecule has 0 radical (unpaired) electrons. The van der Waals surface area contributed by atoms with E-state index in [2.05, 4.69) is 24.5 Å². The van der Waals surface area contributed by atoms with E-state index in [0.717, 1.165) is 32.4 Å². The van der Waals surface area contributed by atoms with Gasteiger partial charge in [0.2, 0.25) is 5.91 Å². The summed E-state index contributed by atoms with van der Waals surface area (Å²) in [6, 6.07) is 0.335. The molecule has 0 aromatic heterocycles. The summed E-state index contributed by atoms with van der Waals surface area (Å²) in [6.45, 7) is 6.27. The average molecular weight is 240 g/mol. The van der Waals surface area contributed by atoms with Crippen LogP contribution in [0.2, 0.25) is 0 Å². The van der Waals surface area contributed by atoms with Gasteiger partial charge >= 0.3 is 0 Å². The summed E-state index contributed by atoms with van der Waals surface area (Å²) in [5.41, 5.74) is 0. The van der Waals surface area contributed by atoms with Crippen LogP contribution in [-0.4, -0.2) is 25.0 Å². The molecular formula is C14H28N2O. The Bertz CT molecular complexity index is 212. The second-order valence-corrected chi connectivity index (χ2v) is 5.30. The van der Waals surface area contributed by atoms with E-state index in [-0.39, 0.29) is 11.8 Å². The van der Waals surface area contributed by atoms with Crippen LogP contribution in [0, 0.1) is 5.92 Å². The van der Waals surface area contributed by atoms with Gasteiger partial charge in [-0.05, 0) is 32.7 Å². The molecule has 0 aromatic rings. The molecular weight excluding hydrogens is 212 g/mol. The highest BCUT2D eigenvalue weighted by molar-refractivity contribution is 5.79. The maximum Gasteiger partial charge on any atom is 0.224 e. The maximum absolute atomic E-state index is 11.9. The highest BCUT2D eigenvalue weighted by Gasteiger charge is 2.21. The summed E-state index contributed by atoms with van der Waals surface area (Å²) in [4.78, 5) is 11.9. The van der Waals surface area contributed by atoms with Gasteiger partial charge in [0, 0.05) is 12.6 Å². The Morgan fingerprint density at radius 2 is 2.24 bits per heavy atom. The Morgan fingerprint density at radius 1 is 1.41 bits per heavy atom. The Balaban J connectivity index is 2.11. The third kappa shape index (κ3) is 6.06. The van der Waals surface area contributed by atoms with Crippen molar-refractivity contribution in [2.75, 3.05) is 13.1 Å². The van der Waals surface area contributed by atoms with Crippen LogP contribution in [0.5, 0.6) is 0 Å². The largest absolute Gasteiger partial charge is 0.353 e. The number of hydrogen-bond donors (Lipinski definition) is 2. The van der Waals surface area contributed by atoms with Crippen LogP contribution in [-0.2, 0) is 4.79 Å². The maximum atomic E-state index is 11.9. The molecule has 100 valence electrons.